The highest BCUT2D eigenvalue weighted by molar-refractivity contribution is 8.23. The Labute approximate surface area is 185 Å². The van der Waals surface area contributed by atoms with E-state index in [9.17, 15) is 4.79 Å². The second-order valence-corrected chi connectivity index (χ2v) is 9.77. The summed E-state index contributed by atoms with van der Waals surface area (Å²) in [7, 11) is 0. The van der Waals surface area contributed by atoms with Gasteiger partial charge in [-0.05, 0) is 11.1 Å². The molecule has 0 aromatic heterocycles. The largest absolute Gasteiger partial charge is 0.356 e. The van der Waals surface area contributed by atoms with Crippen molar-refractivity contribution in [2.45, 2.75) is 12.5 Å². The Morgan fingerprint density at radius 3 is 2.41 bits per heavy atom. The minimum absolute atomic E-state index is 0.00326. The zero-order valence-corrected chi connectivity index (χ0v) is 18.5. The second-order valence-electron chi connectivity index (χ2n) is 6.94. The minimum Gasteiger partial charge on any atom is -0.356 e. The maximum absolute atomic E-state index is 13.1. The molecule has 4 nitrogen and oxygen atoms in total. The van der Waals surface area contributed by atoms with Crippen LogP contribution in [-0.4, -0.2) is 56.2 Å². The zero-order chi connectivity index (χ0) is 20.1. The standard InChI is InChI=1S/C22H23N3OS3/c26-21(16-29-22(27)24-11-13-28-14-12-24)25-20(18-9-5-2-6-10-18)15-19(23-25)17-7-3-1-4-8-17/h1-10,20H,11-16H2. The Balaban J connectivity index is 1.48. The Bertz CT molecular complexity index is 883. The molecule has 0 aliphatic carbocycles. The molecule has 2 aromatic rings. The van der Waals surface area contributed by atoms with Gasteiger partial charge >= 0.3 is 0 Å². The van der Waals surface area contributed by atoms with E-state index in [1.165, 1.54) is 11.8 Å². The number of amides is 1. The Kier molecular flexibility index (Phi) is 6.90. The second kappa shape index (κ2) is 9.78. The van der Waals surface area contributed by atoms with Crippen LogP contribution in [0.25, 0.3) is 0 Å². The molecular weight excluding hydrogens is 418 g/mol. The van der Waals surface area contributed by atoms with Crippen molar-refractivity contribution in [1.82, 2.24) is 9.91 Å². The molecule has 7 heteroatoms. The number of hydrogen-bond donors (Lipinski definition) is 0. The maximum Gasteiger partial charge on any atom is 0.253 e. The highest BCUT2D eigenvalue weighted by Crippen LogP contribution is 2.33. The Hall–Kier alpha value is -1.83. The number of rotatable bonds is 4. The first-order valence-corrected chi connectivity index (χ1v) is 12.3. The lowest BCUT2D eigenvalue weighted by molar-refractivity contribution is -0.130. The topological polar surface area (TPSA) is 35.9 Å². The molecule has 2 heterocycles. The predicted molar refractivity (Wildman–Crippen MR) is 128 cm³/mol. The lowest BCUT2D eigenvalue weighted by atomic mass is 9.98. The number of carbonyl (C=O) groups excluding carboxylic acids is 1. The van der Waals surface area contributed by atoms with Gasteiger partial charge in [-0.3, -0.25) is 4.79 Å². The molecule has 150 valence electrons. The van der Waals surface area contributed by atoms with Gasteiger partial charge in [-0.15, -0.1) is 0 Å². The number of hydrazone groups is 1. The number of hydrogen-bond acceptors (Lipinski definition) is 5. The van der Waals surface area contributed by atoms with Crippen molar-refractivity contribution in [2.75, 3.05) is 30.3 Å². The summed E-state index contributed by atoms with van der Waals surface area (Å²) < 4.78 is 0.821. The van der Waals surface area contributed by atoms with Gasteiger partial charge in [0.1, 0.15) is 4.32 Å². The molecule has 0 radical (unpaired) electrons. The number of benzene rings is 2. The van der Waals surface area contributed by atoms with Crippen LogP contribution in [-0.2, 0) is 4.79 Å². The Morgan fingerprint density at radius 2 is 1.72 bits per heavy atom. The normalized spacial score (nSPS) is 19.2. The number of carbonyl (C=O) groups is 1. The summed E-state index contributed by atoms with van der Waals surface area (Å²) in [6, 6.07) is 20.2. The van der Waals surface area contributed by atoms with Gasteiger partial charge in [0.2, 0.25) is 0 Å². The molecule has 1 amide bonds. The third-order valence-corrected chi connectivity index (χ3v) is 7.50. The Morgan fingerprint density at radius 1 is 1.07 bits per heavy atom. The van der Waals surface area contributed by atoms with Crippen LogP contribution in [0.1, 0.15) is 23.6 Å². The fourth-order valence-corrected chi connectivity index (χ4v) is 5.51. The van der Waals surface area contributed by atoms with E-state index in [1.807, 2.05) is 60.3 Å². The lowest BCUT2D eigenvalue weighted by Gasteiger charge is -2.28. The van der Waals surface area contributed by atoms with Crippen LogP contribution in [0.2, 0.25) is 0 Å². The van der Waals surface area contributed by atoms with Crippen LogP contribution in [0.4, 0.5) is 0 Å². The van der Waals surface area contributed by atoms with Gasteiger partial charge in [0.25, 0.3) is 5.91 Å². The summed E-state index contributed by atoms with van der Waals surface area (Å²) >= 11 is 8.98. The number of thiocarbonyl (C=S) groups is 1. The van der Waals surface area contributed by atoms with E-state index < -0.39 is 0 Å². The van der Waals surface area contributed by atoms with Crippen LogP contribution in [0, 0.1) is 0 Å². The van der Waals surface area contributed by atoms with Crippen LogP contribution < -0.4 is 0 Å². The zero-order valence-electron chi connectivity index (χ0n) is 16.1. The summed E-state index contributed by atoms with van der Waals surface area (Å²) in [6.45, 7) is 1.94. The SMILES string of the molecule is O=C(CSC(=S)N1CCSCC1)N1N=C(c2ccccc2)CC1c1ccccc1. The first kappa shape index (κ1) is 20.4. The molecule has 2 aliphatic heterocycles. The summed E-state index contributed by atoms with van der Waals surface area (Å²) in [6.07, 6.45) is 0.720. The third kappa shape index (κ3) is 5.02. The highest BCUT2D eigenvalue weighted by atomic mass is 32.2. The number of thioether (sulfide) groups is 2. The summed E-state index contributed by atoms with van der Waals surface area (Å²) in [4.78, 5) is 15.3. The first-order valence-electron chi connectivity index (χ1n) is 9.72. The van der Waals surface area contributed by atoms with Crippen molar-refractivity contribution in [3.05, 3.63) is 71.8 Å². The van der Waals surface area contributed by atoms with Gasteiger partial charge < -0.3 is 4.90 Å². The van der Waals surface area contributed by atoms with Gasteiger partial charge in [0.15, 0.2) is 0 Å². The highest BCUT2D eigenvalue weighted by Gasteiger charge is 2.33. The van der Waals surface area contributed by atoms with E-state index in [1.54, 1.807) is 5.01 Å². The maximum atomic E-state index is 13.1. The van der Waals surface area contributed by atoms with E-state index in [-0.39, 0.29) is 11.9 Å². The molecule has 0 saturated carbocycles. The molecule has 1 atom stereocenters. The molecule has 0 N–H and O–H groups in total. The molecule has 1 fully saturated rings. The summed E-state index contributed by atoms with van der Waals surface area (Å²) in [5.41, 5.74) is 3.13. The fourth-order valence-electron chi connectivity index (χ4n) is 3.51. The van der Waals surface area contributed by atoms with Crippen molar-refractivity contribution in [3.63, 3.8) is 0 Å². The predicted octanol–water partition coefficient (Wildman–Crippen LogP) is 4.43. The molecule has 2 aromatic carbocycles. The summed E-state index contributed by atoms with van der Waals surface area (Å²) in [5.74, 6) is 2.52. The first-order chi connectivity index (χ1) is 14.2. The van der Waals surface area contributed by atoms with Gasteiger partial charge in [0.05, 0.1) is 17.5 Å². The van der Waals surface area contributed by atoms with Crippen LogP contribution in [0.3, 0.4) is 0 Å². The molecule has 4 rings (SSSR count). The van der Waals surface area contributed by atoms with Crippen LogP contribution in [0.15, 0.2) is 65.8 Å². The molecule has 29 heavy (non-hydrogen) atoms. The molecule has 2 aliphatic rings. The summed E-state index contributed by atoms with van der Waals surface area (Å²) in [5, 5.41) is 6.40. The van der Waals surface area contributed by atoms with Gasteiger partial charge in [-0.25, -0.2) is 5.01 Å². The van der Waals surface area contributed by atoms with Gasteiger partial charge in [-0.2, -0.15) is 16.9 Å². The van der Waals surface area contributed by atoms with E-state index in [4.69, 9.17) is 17.3 Å². The lowest BCUT2D eigenvalue weighted by Crippen LogP contribution is -2.36. The molecular formula is C22H23N3OS3. The average molecular weight is 442 g/mol. The van der Waals surface area contributed by atoms with Crippen molar-refractivity contribution in [2.24, 2.45) is 5.10 Å². The monoisotopic (exact) mass is 441 g/mol. The van der Waals surface area contributed by atoms with Crippen molar-refractivity contribution >= 4 is 51.7 Å². The van der Waals surface area contributed by atoms with Crippen LogP contribution in [0.5, 0.6) is 0 Å². The van der Waals surface area contributed by atoms with E-state index in [0.717, 1.165) is 52.2 Å². The fraction of sp³-hybridized carbons (Fsp3) is 0.318. The molecule has 0 spiro atoms. The van der Waals surface area contributed by atoms with Crippen molar-refractivity contribution in [3.8, 4) is 0 Å². The van der Waals surface area contributed by atoms with Crippen molar-refractivity contribution in [1.29, 1.82) is 0 Å². The molecule has 1 saturated heterocycles. The van der Waals surface area contributed by atoms with Gasteiger partial charge in [0, 0.05) is 31.0 Å². The van der Waals surface area contributed by atoms with E-state index in [0.29, 0.717) is 5.75 Å². The molecule has 0 bridgehead atoms. The van der Waals surface area contributed by atoms with Crippen molar-refractivity contribution < 1.29 is 4.79 Å². The van der Waals surface area contributed by atoms with Gasteiger partial charge in [-0.1, -0.05) is 84.6 Å². The quantitative estimate of drug-likeness (QED) is 0.656. The molecule has 1 unspecified atom stereocenters. The smallest absolute Gasteiger partial charge is 0.253 e. The van der Waals surface area contributed by atoms with Crippen LogP contribution >= 0.6 is 35.7 Å². The van der Waals surface area contributed by atoms with E-state index in [2.05, 4.69) is 17.0 Å². The van der Waals surface area contributed by atoms with E-state index >= 15 is 0 Å². The number of nitrogens with zero attached hydrogens (tertiary/aromatic N) is 3. The minimum atomic E-state index is -0.0699. The average Bonchev–Trinajstić information content (AvgIpc) is 3.25. The third-order valence-electron chi connectivity index (χ3n) is 5.05.